The number of hydrogen-bond donors (Lipinski definition) is 3. The number of nitrogens with one attached hydrogen (secondary N) is 2. The number of para-hydroxylation sites is 1. The van der Waals surface area contributed by atoms with Gasteiger partial charge in [-0.05, 0) is 50.1 Å². The van der Waals surface area contributed by atoms with Crippen molar-refractivity contribution in [3.8, 4) is 17.6 Å². The van der Waals surface area contributed by atoms with E-state index in [9.17, 15) is 14.7 Å². The zero-order chi connectivity index (χ0) is 23.8. The lowest BCUT2D eigenvalue weighted by atomic mass is 10.0. The number of esters is 1. The number of H-pyrrole nitrogens is 1. The molecule has 1 atom stereocenters. The van der Waals surface area contributed by atoms with Gasteiger partial charge in [0.25, 0.3) is 5.91 Å². The second-order valence-electron chi connectivity index (χ2n) is 7.88. The Labute approximate surface area is 193 Å². The van der Waals surface area contributed by atoms with E-state index >= 15 is 0 Å². The number of amides is 1. The Bertz CT molecular complexity index is 1190. The average Bonchev–Trinajstić information content (AvgIpc) is 3.19. The summed E-state index contributed by atoms with van der Waals surface area (Å²) in [6.45, 7) is 4.83. The molecule has 1 heterocycles. The van der Waals surface area contributed by atoms with Gasteiger partial charge in [-0.1, -0.05) is 30.0 Å². The predicted molar refractivity (Wildman–Crippen MR) is 126 cm³/mol. The molecule has 7 heteroatoms. The Hall–Kier alpha value is -3.76. The van der Waals surface area contributed by atoms with Crippen molar-refractivity contribution >= 4 is 22.8 Å². The fourth-order valence-corrected chi connectivity index (χ4v) is 3.41. The zero-order valence-electron chi connectivity index (χ0n) is 19.0. The van der Waals surface area contributed by atoms with Gasteiger partial charge in [0.1, 0.15) is 5.75 Å². The molecule has 0 aliphatic heterocycles. The maximum absolute atomic E-state index is 13.2. The third-order valence-electron chi connectivity index (χ3n) is 4.86. The Morgan fingerprint density at radius 3 is 2.70 bits per heavy atom. The number of fused-ring (bicyclic) bond motifs is 1. The molecule has 172 valence electrons. The number of aliphatic hydroxyl groups excluding tert-OH is 1. The van der Waals surface area contributed by atoms with Gasteiger partial charge < -0.3 is 24.9 Å². The van der Waals surface area contributed by atoms with E-state index in [1.54, 1.807) is 18.2 Å². The van der Waals surface area contributed by atoms with Gasteiger partial charge in [0.15, 0.2) is 6.61 Å². The fraction of sp³-hybridized carbons (Fsp3) is 0.308. The summed E-state index contributed by atoms with van der Waals surface area (Å²) in [6, 6.07) is 12.5. The Balaban J connectivity index is 1.80. The number of aromatic amines is 1. The van der Waals surface area contributed by atoms with Crippen molar-refractivity contribution in [3.63, 3.8) is 0 Å². The smallest absolute Gasteiger partial charge is 0.303 e. The minimum Gasteiger partial charge on any atom is -0.490 e. The van der Waals surface area contributed by atoms with Gasteiger partial charge in [-0.25, -0.2) is 0 Å². The molecular formula is C26H28N2O5. The number of carbonyl (C=O) groups excluding carboxylic acids is 2. The van der Waals surface area contributed by atoms with Crippen LogP contribution in [0.25, 0.3) is 10.9 Å². The summed E-state index contributed by atoms with van der Waals surface area (Å²) < 4.78 is 10.6. The predicted octanol–water partition coefficient (Wildman–Crippen LogP) is 3.20. The summed E-state index contributed by atoms with van der Waals surface area (Å²) in [7, 11) is 0. The summed E-state index contributed by atoms with van der Waals surface area (Å²) in [4.78, 5) is 27.2. The third kappa shape index (κ3) is 6.61. The van der Waals surface area contributed by atoms with E-state index in [-0.39, 0.29) is 25.2 Å². The fourth-order valence-electron chi connectivity index (χ4n) is 3.41. The lowest BCUT2D eigenvalue weighted by Crippen LogP contribution is -2.39. The van der Waals surface area contributed by atoms with Crippen molar-refractivity contribution < 1.29 is 24.2 Å². The molecule has 0 saturated heterocycles. The van der Waals surface area contributed by atoms with E-state index in [2.05, 4.69) is 22.1 Å². The van der Waals surface area contributed by atoms with Gasteiger partial charge in [-0.3, -0.25) is 9.59 Å². The molecule has 0 fully saturated rings. The normalized spacial score (nSPS) is 11.5. The average molecular weight is 449 g/mol. The van der Waals surface area contributed by atoms with Gasteiger partial charge in [0, 0.05) is 29.6 Å². The third-order valence-corrected chi connectivity index (χ3v) is 4.86. The SMILES string of the molecule is CC(=O)OCC#Cc1ccc(OC(C)C)c(C(=O)N[C@@H](CO)Cc2c[nH]c3ccccc23)c1. The Morgan fingerprint density at radius 1 is 1.18 bits per heavy atom. The minimum atomic E-state index is -0.484. The lowest BCUT2D eigenvalue weighted by Gasteiger charge is -2.19. The maximum Gasteiger partial charge on any atom is 0.303 e. The van der Waals surface area contributed by atoms with Crippen LogP contribution in [0.1, 0.15) is 42.3 Å². The van der Waals surface area contributed by atoms with E-state index in [0.29, 0.717) is 23.3 Å². The molecule has 0 spiro atoms. The van der Waals surface area contributed by atoms with Crippen molar-refractivity contribution in [1.29, 1.82) is 0 Å². The molecule has 3 rings (SSSR count). The minimum absolute atomic E-state index is 0.0294. The monoisotopic (exact) mass is 448 g/mol. The van der Waals surface area contributed by atoms with Crippen LogP contribution < -0.4 is 10.1 Å². The molecule has 0 saturated carbocycles. The molecular weight excluding hydrogens is 420 g/mol. The molecule has 0 aliphatic rings. The zero-order valence-corrected chi connectivity index (χ0v) is 19.0. The first-order chi connectivity index (χ1) is 15.9. The summed E-state index contributed by atoms with van der Waals surface area (Å²) >= 11 is 0. The largest absolute Gasteiger partial charge is 0.490 e. The topological polar surface area (TPSA) is 101 Å². The van der Waals surface area contributed by atoms with E-state index in [0.717, 1.165) is 16.5 Å². The molecule has 0 radical (unpaired) electrons. The van der Waals surface area contributed by atoms with Crippen molar-refractivity contribution in [3.05, 3.63) is 65.4 Å². The number of carbonyl (C=O) groups is 2. The van der Waals surface area contributed by atoms with Gasteiger partial charge in [-0.15, -0.1) is 0 Å². The molecule has 1 aromatic heterocycles. The summed E-state index contributed by atoms with van der Waals surface area (Å²) in [5.41, 5.74) is 2.91. The first-order valence-electron chi connectivity index (χ1n) is 10.8. The summed E-state index contributed by atoms with van der Waals surface area (Å²) in [5, 5.41) is 13.9. The van der Waals surface area contributed by atoms with E-state index < -0.39 is 12.0 Å². The van der Waals surface area contributed by atoms with Crippen molar-refractivity contribution in [2.45, 2.75) is 39.3 Å². The molecule has 0 bridgehead atoms. The standard InChI is InChI=1S/C26H28N2O5/c1-17(2)33-25-11-10-19(7-6-12-32-18(3)30)13-23(25)26(31)28-21(16-29)14-20-15-27-24-9-5-4-8-22(20)24/h4-5,8-11,13,15,17,21,27,29H,12,14,16H2,1-3H3,(H,28,31)/t21-/m1/s1. The van der Waals surface area contributed by atoms with Gasteiger partial charge in [0.2, 0.25) is 0 Å². The molecule has 7 nitrogen and oxygen atoms in total. The molecule has 0 unspecified atom stereocenters. The molecule has 1 amide bonds. The van der Waals surface area contributed by atoms with E-state index in [1.165, 1.54) is 6.92 Å². The van der Waals surface area contributed by atoms with Crippen LogP contribution in [0.5, 0.6) is 5.75 Å². The van der Waals surface area contributed by atoms with E-state index in [4.69, 9.17) is 9.47 Å². The Morgan fingerprint density at radius 2 is 1.97 bits per heavy atom. The van der Waals surface area contributed by atoms with Gasteiger partial charge in [0.05, 0.1) is 24.3 Å². The number of benzene rings is 2. The lowest BCUT2D eigenvalue weighted by molar-refractivity contribution is -0.139. The summed E-state index contributed by atoms with van der Waals surface area (Å²) in [5.74, 6) is 5.29. The van der Waals surface area contributed by atoms with Crippen LogP contribution in [0.4, 0.5) is 0 Å². The van der Waals surface area contributed by atoms with Gasteiger partial charge >= 0.3 is 5.97 Å². The number of aromatic nitrogens is 1. The highest BCUT2D eigenvalue weighted by molar-refractivity contribution is 5.97. The van der Waals surface area contributed by atoms with Crippen LogP contribution in [0.3, 0.4) is 0 Å². The van der Waals surface area contributed by atoms with Crippen molar-refractivity contribution in [1.82, 2.24) is 10.3 Å². The number of ether oxygens (including phenoxy) is 2. The molecule has 3 aromatic rings. The molecule has 2 aromatic carbocycles. The number of rotatable bonds is 8. The quantitative estimate of drug-likeness (QED) is 0.363. The second-order valence-corrected chi connectivity index (χ2v) is 7.88. The first kappa shape index (κ1) is 23.9. The number of aliphatic hydroxyl groups is 1. The van der Waals surface area contributed by atoms with Crippen molar-refractivity contribution in [2.75, 3.05) is 13.2 Å². The van der Waals surface area contributed by atoms with Crippen LogP contribution in [0, 0.1) is 11.8 Å². The van der Waals surface area contributed by atoms with Crippen molar-refractivity contribution in [2.24, 2.45) is 0 Å². The maximum atomic E-state index is 13.2. The van der Waals surface area contributed by atoms with Crippen LogP contribution in [-0.2, 0) is 16.0 Å². The Kier molecular flexibility index (Phi) is 8.11. The highest BCUT2D eigenvalue weighted by atomic mass is 16.5. The highest BCUT2D eigenvalue weighted by Crippen LogP contribution is 2.23. The van der Waals surface area contributed by atoms with Crippen LogP contribution >= 0.6 is 0 Å². The first-order valence-corrected chi connectivity index (χ1v) is 10.8. The number of hydrogen-bond acceptors (Lipinski definition) is 5. The second kappa shape index (κ2) is 11.2. The molecule has 0 aliphatic carbocycles. The molecule has 3 N–H and O–H groups in total. The van der Waals surface area contributed by atoms with Crippen LogP contribution in [0.15, 0.2) is 48.7 Å². The van der Waals surface area contributed by atoms with Gasteiger partial charge in [-0.2, -0.15) is 0 Å². The van der Waals surface area contributed by atoms with Crippen LogP contribution in [-0.4, -0.2) is 47.3 Å². The highest BCUT2D eigenvalue weighted by Gasteiger charge is 2.19. The molecule has 33 heavy (non-hydrogen) atoms. The van der Waals surface area contributed by atoms with Crippen LogP contribution in [0.2, 0.25) is 0 Å². The summed E-state index contributed by atoms with van der Waals surface area (Å²) in [6.07, 6.45) is 2.23. The van der Waals surface area contributed by atoms with E-state index in [1.807, 2.05) is 44.3 Å².